The zero-order chi connectivity index (χ0) is 12.4. The molecule has 0 aromatic rings. The number of nitrogens with two attached hydrogens (primary N) is 1. The maximum absolute atomic E-state index is 11.5. The molecule has 0 heterocycles. The molecule has 0 aromatic heterocycles. The number of unbranched alkanes of at least 4 members (excludes halogenated alkanes) is 2. The molecule has 0 bridgehead atoms. The van der Waals surface area contributed by atoms with Crippen LogP contribution in [-0.2, 0) is 4.79 Å². The van der Waals surface area contributed by atoms with Crippen LogP contribution in [0.1, 0.15) is 39.0 Å². The largest absolute Gasteiger partial charge is 0.354 e. The molecule has 0 aliphatic heterocycles. The molecule has 0 spiro atoms. The van der Waals surface area contributed by atoms with Gasteiger partial charge in [-0.25, -0.2) is 0 Å². The molecule has 2 unspecified atom stereocenters. The first-order valence-electron chi connectivity index (χ1n) is 5.83. The zero-order valence-electron chi connectivity index (χ0n) is 9.85. The molecule has 0 rings (SSSR count). The van der Waals surface area contributed by atoms with Crippen molar-refractivity contribution in [1.82, 2.24) is 5.32 Å². The van der Waals surface area contributed by atoms with Crippen molar-refractivity contribution in [3.63, 3.8) is 0 Å². The number of hydrogen-bond acceptors (Lipinski definition) is 2. The second kappa shape index (κ2) is 10.5. The first-order chi connectivity index (χ1) is 7.57. The van der Waals surface area contributed by atoms with Crippen LogP contribution in [0.3, 0.4) is 0 Å². The molecular weight excluding hydrogens is 336 g/mol. The van der Waals surface area contributed by atoms with E-state index in [4.69, 9.17) is 5.73 Å². The third kappa shape index (κ3) is 9.60. The topological polar surface area (TPSA) is 55.1 Å². The van der Waals surface area contributed by atoms with E-state index < -0.39 is 0 Å². The summed E-state index contributed by atoms with van der Waals surface area (Å²) in [5.74, 6) is 0.0549. The molecule has 3 N–H and O–H groups in total. The fourth-order valence-electron chi connectivity index (χ4n) is 1.36. The molecule has 2 atom stereocenters. The van der Waals surface area contributed by atoms with Gasteiger partial charge >= 0.3 is 0 Å². The Kier molecular flexibility index (Phi) is 10.8. The van der Waals surface area contributed by atoms with Crippen molar-refractivity contribution in [1.29, 1.82) is 0 Å². The minimum absolute atomic E-state index is 0.0549. The van der Waals surface area contributed by atoms with E-state index in [1.54, 1.807) is 0 Å². The lowest BCUT2D eigenvalue weighted by Gasteiger charge is -2.10. The molecular formula is C11H22Br2N2O. The van der Waals surface area contributed by atoms with Gasteiger partial charge in [-0.1, -0.05) is 58.0 Å². The second-order valence-electron chi connectivity index (χ2n) is 3.97. The highest BCUT2D eigenvalue weighted by Crippen LogP contribution is 2.14. The van der Waals surface area contributed by atoms with E-state index in [2.05, 4.69) is 44.1 Å². The van der Waals surface area contributed by atoms with Crippen molar-refractivity contribution in [3.8, 4) is 0 Å². The molecule has 0 saturated carbocycles. The maximum atomic E-state index is 11.5. The Bertz CT molecular complexity index is 189. The monoisotopic (exact) mass is 356 g/mol. The van der Waals surface area contributed by atoms with Crippen molar-refractivity contribution in [2.75, 3.05) is 13.1 Å². The maximum Gasteiger partial charge on any atom is 0.233 e. The highest BCUT2D eigenvalue weighted by molar-refractivity contribution is 9.10. The van der Waals surface area contributed by atoms with Gasteiger partial charge in [-0.15, -0.1) is 0 Å². The zero-order valence-corrected chi connectivity index (χ0v) is 13.0. The normalized spacial score (nSPS) is 14.5. The van der Waals surface area contributed by atoms with Crippen molar-refractivity contribution >= 4 is 37.8 Å². The van der Waals surface area contributed by atoms with Gasteiger partial charge in [-0.05, 0) is 12.8 Å². The molecule has 5 heteroatoms. The summed E-state index contributed by atoms with van der Waals surface area (Å²) in [6, 6.07) is 0. The van der Waals surface area contributed by atoms with E-state index in [1.165, 1.54) is 19.3 Å². The van der Waals surface area contributed by atoms with E-state index in [9.17, 15) is 4.79 Å². The minimum Gasteiger partial charge on any atom is -0.354 e. The Balaban J connectivity index is 3.42. The average molecular weight is 358 g/mol. The number of halogens is 2. The minimum atomic E-state index is -0.0690. The number of amides is 1. The van der Waals surface area contributed by atoms with Crippen molar-refractivity contribution in [2.24, 2.45) is 5.73 Å². The molecule has 0 saturated heterocycles. The van der Waals surface area contributed by atoms with E-state index >= 15 is 0 Å². The SMILES string of the molecule is CC(Br)CCCCCC(Br)C(=O)NCCN. The number of hydrogen-bond donors (Lipinski definition) is 2. The molecule has 0 aliphatic carbocycles. The highest BCUT2D eigenvalue weighted by atomic mass is 79.9. The molecule has 0 radical (unpaired) electrons. The van der Waals surface area contributed by atoms with Gasteiger partial charge in [0, 0.05) is 17.9 Å². The molecule has 0 aliphatic rings. The van der Waals surface area contributed by atoms with Crippen molar-refractivity contribution in [2.45, 2.75) is 48.7 Å². The fourth-order valence-corrected chi connectivity index (χ4v) is 2.17. The van der Waals surface area contributed by atoms with Gasteiger partial charge in [0.2, 0.25) is 5.91 Å². The number of rotatable bonds is 9. The van der Waals surface area contributed by atoms with Crippen molar-refractivity contribution in [3.05, 3.63) is 0 Å². The number of nitrogens with one attached hydrogen (secondary N) is 1. The first kappa shape index (κ1) is 16.4. The molecule has 1 amide bonds. The summed E-state index contributed by atoms with van der Waals surface area (Å²) in [6.07, 6.45) is 5.59. The van der Waals surface area contributed by atoms with Crippen LogP contribution >= 0.6 is 31.9 Å². The highest BCUT2D eigenvalue weighted by Gasteiger charge is 2.12. The van der Waals surface area contributed by atoms with Crippen LogP contribution in [0.4, 0.5) is 0 Å². The van der Waals surface area contributed by atoms with Gasteiger partial charge in [0.15, 0.2) is 0 Å². The van der Waals surface area contributed by atoms with Crippen LogP contribution in [0.2, 0.25) is 0 Å². The summed E-state index contributed by atoms with van der Waals surface area (Å²) in [5, 5.41) is 2.77. The van der Waals surface area contributed by atoms with E-state index in [1.807, 2.05) is 0 Å². The number of alkyl halides is 2. The first-order valence-corrected chi connectivity index (χ1v) is 7.67. The van der Waals surface area contributed by atoms with Crippen LogP contribution in [0, 0.1) is 0 Å². The van der Waals surface area contributed by atoms with E-state index in [0.717, 1.165) is 12.8 Å². The summed E-state index contributed by atoms with van der Waals surface area (Å²) >= 11 is 6.91. The summed E-state index contributed by atoms with van der Waals surface area (Å²) in [4.78, 5) is 12.0. The van der Waals surface area contributed by atoms with Crippen LogP contribution in [0.15, 0.2) is 0 Å². The average Bonchev–Trinajstić information content (AvgIpc) is 2.24. The summed E-state index contributed by atoms with van der Waals surface area (Å²) < 4.78 is 0. The van der Waals surface area contributed by atoms with Gasteiger partial charge in [0.05, 0.1) is 4.83 Å². The third-order valence-corrected chi connectivity index (χ3v) is 3.62. The molecule has 96 valence electrons. The van der Waals surface area contributed by atoms with Gasteiger partial charge in [0.1, 0.15) is 0 Å². The standard InChI is InChI=1S/C11H22Br2N2O/c1-9(12)5-3-2-4-6-10(13)11(16)15-8-7-14/h9-10H,2-8,14H2,1H3,(H,15,16). The van der Waals surface area contributed by atoms with Crippen LogP contribution < -0.4 is 11.1 Å². The van der Waals surface area contributed by atoms with E-state index in [0.29, 0.717) is 17.9 Å². The number of carbonyl (C=O) groups excluding carboxylic acids is 1. The molecule has 0 aromatic carbocycles. The van der Waals surface area contributed by atoms with Crippen LogP contribution in [0.5, 0.6) is 0 Å². The smallest absolute Gasteiger partial charge is 0.233 e. The van der Waals surface area contributed by atoms with E-state index in [-0.39, 0.29) is 10.7 Å². The Morgan fingerprint density at radius 2 is 1.88 bits per heavy atom. The Hall–Kier alpha value is 0.390. The van der Waals surface area contributed by atoms with Crippen molar-refractivity contribution < 1.29 is 4.79 Å². The lowest BCUT2D eigenvalue weighted by Crippen LogP contribution is -2.34. The van der Waals surface area contributed by atoms with Gasteiger partial charge in [0.25, 0.3) is 0 Å². The predicted octanol–water partition coefficient (Wildman–Crippen LogP) is 2.56. The molecule has 3 nitrogen and oxygen atoms in total. The Morgan fingerprint density at radius 1 is 1.25 bits per heavy atom. The lowest BCUT2D eigenvalue weighted by molar-refractivity contribution is -0.120. The summed E-state index contributed by atoms with van der Waals surface area (Å²) in [6.45, 7) is 3.21. The number of carbonyl (C=O) groups is 1. The van der Waals surface area contributed by atoms with Gasteiger partial charge < -0.3 is 11.1 Å². The second-order valence-corrected chi connectivity index (χ2v) is 6.63. The Morgan fingerprint density at radius 3 is 2.44 bits per heavy atom. The predicted molar refractivity (Wildman–Crippen MR) is 76.3 cm³/mol. The van der Waals surface area contributed by atoms with Gasteiger partial charge in [-0.3, -0.25) is 4.79 Å². The van der Waals surface area contributed by atoms with Crippen LogP contribution in [0.25, 0.3) is 0 Å². The summed E-state index contributed by atoms with van der Waals surface area (Å²) in [5.41, 5.74) is 5.31. The molecule has 0 fully saturated rings. The van der Waals surface area contributed by atoms with Crippen LogP contribution in [-0.4, -0.2) is 28.7 Å². The Labute approximate surface area is 115 Å². The lowest BCUT2D eigenvalue weighted by atomic mass is 10.1. The quantitative estimate of drug-likeness (QED) is 0.492. The third-order valence-electron chi connectivity index (χ3n) is 2.29. The summed E-state index contributed by atoms with van der Waals surface area (Å²) in [7, 11) is 0. The fraction of sp³-hybridized carbons (Fsp3) is 0.909. The molecule has 16 heavy (non-hydrogen) atoms. The van der Waals surface area contributed by atoms with Gasteiger partial charge in [-0.2, -0.15) is 0 Å².